The first-order valence-electron chi connectivity index (χ1n) is 5.16. The molecule has 0 saturated heterocycles. The van der Waals surface area contributed by atoms with Crippen LogP contribution in [0.3, 0.4) is 0 Å². The van der Waals surface area contributed by atoms with Crippen LogP contribution in [0.15, 0.2) is 4.60 Å². The van der Waals surface area contributed by atoms with E-state index < -0.39 is 0 Å². The summed E-state index contributed by atoms with van der Waals surface area (Å²) in [6.45, 7) is 4.05. The van der Waals surface area contributed by atoms with Crippen LogP contribution >= 0.6 is 15.9 Å². The van der Waals surface area contributed by atoms with Gasteiger partial charge in [0, 0.05) is 19.4 Å². The minimum Gasteiger partial charge on any atom is -0.330 e. The lowest BCUT2D eigenvalue weighted by Crippen LogP contribution is -2.18. The van der Waals surface area contributed by atoms with Crippen molar-refractivity contribution in [2.45, 2.75) is 32.7 Å². The topological polar surface area (TPSA) is 43.8 Å². The fraction of sp³-hybridized carbons (Fsp3) is 0.700. The second kappa shape index (κ2) is 4.03. The van der Waals surface area contributed by atoms with Crippen molar-refractivity contribution < 1.29 is 0 Å². The molecule has 1 atom stereocenters. The van der Waals surface area contributed by atoms with Crippen LogP contribution in [0.5, 0.6) is 0 Å². The molecule has 2 heterocycles. The SMILES string of the molecule is CC1CCc2nc(CCN)c(Br)n2C1. The maximum Gasteiger partial charge on any atom is 0.109 e. The summed E-state index contributed by atoms with van der Waals surface area (Å²) >= 11 is 3.61. The van der Waals surface area contributed by atoms with Crippen molar-refractivity contribution in [1.82, 2.24) is 9.55 Å². The summed E-state index contributed by atoms with van der Waals surface area (Å²) in [4.78, 5) is 4.61. The molecule has 1 aromatic heterocycles. The number of hydrogen-bond donors (Lipinski definition) is 1. The van der Waals surface area contributed by atoms with Crippen LogP contribution in [0.25, 0.3) is 0 Å². The van der Waals surface area contributed by atoms with E-state index in [9.17, 15) is 0 Å². The molecule has 3 nitrogen and oxygen atoms in total. The van der Waals surface area contributed by atoms with Crippen LogP contribution in [0, 0.1) is 5.92 Å². The zero-order valence-corrected chi connectivity index (χ0v) is 10.0. The van der Waals surface area contributed by atoms with Gasteiger partial charge in [0.15, 0.2) is 0 Å². The van der Waals surface area contributed by atoms with Gasteiger partial charge in [-0.2, -0.15) is 0 Å². The van der Waals surface area contributed by atoms with Crippen molar-refractivity contribution in [2.75, 3.05) is 6.54 Å². The minimum atomic E-state index is 0.671. The number of fused-ring (bicyclic) bond motifs is 1. The third-order valence-electron chi connectivity index (χ3n) is 2.79. The van der Waals surface area contributed by atoms with Gasteiger partial charge in [0.05, 0.1) is 5.69 Å². The number of aromatic nitrogens is 2. The summed E-state index contributed by atoms with van der Waals surface area (Å²) in [5, 5.41) is 0. The molecular formula is C10H16BrN3. The average molecular weight is 258 g/mol. The monoisotopic (exact) mass is 257 g/mol. The molecule has 4 heteroatoms. The molecule has 0 spiro atoms. The van der Waals surface area contributed by atoms with Crippen molar-refractivity contribution in [2.24, 2.45) is 11.7 Å². The molecule has 0 aliphatic carbocycles. The van der Waals surface area contributed by atoms with Gasteiger partial charge in [-0.15, -0.1) is 0 Å². The Morgan fingerprint density at radius 2 is 2.43 bits per heavy atom. The summed E-state index contributed by atoms with van der Waals surface area (Å²) in [6, 6.07) is 0. The Balaban J connectivity index is 2.31. The maximum absolute atomic E-state index is 5.54. The second-order valence-corrected chi connectivity index (χ2v) is 4.81. The zero-order valence-electron chi connectivity index (χ0n) is 8.46. The normalized spacial score (nSPS) is 20.9. The summed E-state index contributed by atoms with van der Waals surface area (Å²) in [7, 11) is 0. The predicted molar refractivity (Wildman–Crippen MR) is 60.2 cm³/mol. The Kier molecular flexibility index (Phi) is 2.93. The first kappa shape index (κ1) is 10.2. The Bertz CT molecular complexity index is 332. The molecule has 0 saturated carbocycles. The van der Waals surface area contributed by atoms with Gasteiger partial charge in [-0.1, -0.05) is 6.92 Å². The average Bonchev–Trinajstić information content (AvgIpc) is 2.46. The molecule has 0 radical (unpaired) electrons. The van der Waals surface area contributed by atoms with Crippen molar-refractivity contribution in [3.05, 3.63) is 16.1 Å². The first-order chi connectivity index (χ1) is 6.72. The molecule has 1 aromatic rings. The number of nitrogens with two attached hydrogens (primary N) is 1. The highest BCUT2D eigenvalue weighted by atomic mass is 79.9. The van der Waals surface area contributed by atoms with Gasteiger partial charge in [0.25, 0.3) is 0 Å². The van der Waals surface area contributed by atoms with Crippen LogP contribution in [0.2, 0.25) is 0 Å². The van der Waals surface area contributed by atoms with Gasteiger partial charge >= 0.3 is 0 Å². The van der Waals surface area contributed by atoms with Crippen LogP contribution in [-0.4, -0.2) is 16.1 Å². The van der Waals surface area contributed by atoms with Crippen LogP contribution in [0.4, 0.5) is 0 Å². The van der Waals surface area contributed by atoms with Crippen molar-refractivity contribution >= 4 is 15.9 Å². The third-order valence-corrected chi connectivity index (χ3v) is 3.67. The fourth-order valence-electron chi connectivity index (χ4n) is 1.98. The number of imidazole rings is 1. The van der Waals surface area contributed by atoms with Gasteiger partial charge in [-0.25, -0.2) is 4.98 Å². The Hall–Kier alpha value is -0.350. The molecule has 1 aliphatic heterocycles. The second-order valence-electron chi connectivity index (χ2n) is 4.06. The van der Waals surface area contributed by atoms with Gasteiger partial charge < -0.3 is 10.3 Å². The quantitative estimate of drug-likeness (QED) is 0.877. The van der Waals surface area contributed by atoms with E-state index in [4.69, 9.17) is 5.73 Å². The van der Waals surface area contributed by atoms with Crippen molar-refractivity contribution in [3.63, 3.8) is 0 Å². The van der Waals surface area contributed by atoms with Gasteiger partial charge in [-0.05, 0) is 34.8 Å². The van der Waals surface area contributed by atoms with E-state index in [2.05, 4.69) is 32.4 Å². The molecule has 2 N–H and O–H groups in total. The number of aryl methyl sites for hydroxylation is 1. The minimum absolute atomic E-state index is 0.671. The van der Waals surface area contributed by atoms with Crippen LogP contribution in [0.1, 0.15) is 24.9 Å². The fourth-order valence-corrected chi connectivity index (χ4v) is 2.62. The molecular weight excluding hydrogens is 242 g/mol. The standard InChI is InChI=1S/C10H16BrN3/c1-7-2-3-9-13-8(4-5-12)10(11)14(9)6-7/h7H,2-6,12H2,1H3. The molecule has 0 fully saturated rings. The molecule has 1 aliphatic rings. The number of rotatable bonds is 2. The summed E-state index contributed by atoms with van der Waals surface area (Å²) in [6.07, 6.45) is 3.23. The van der Waals surface area contributed by atoms with E-state index in [1.165, 1.54) is 12.2 Å². The molecule has 2 rings (SSSR count). The number of hydrogen-bond acceptors (Lipinski definition) is 2. The largest absolute Gasteiger partial charge is 0.330 e. The smallest absolute Gasteiger partial charge is 0.109 e. The van der Waals surface area contributed by atoms with Crippen molar-refractivity contribution in [1.29, 1.82) is 0 Å². The van der Waals surface area contributed by atoms with Gasteiger partial charge in [0.1, 0.15) is 10.4 Å². The molecule has 14 heavy (non-hydrogen) atoms. The van der Waals surface area contributed by atoms with Crippen LogP contribution < -0.4 is 5.73 Å². The van der Waals surface area contributed by atoms with E-state index in [1.807, 2.05) is 0 Å². The summed E-state index contributed by atoms with van der Waals surface area (Å²) in [5.74, 6) is 1.98. The molecule has 1 unspecified atom stereocenters. The van der Waals surface area contributed by atoms with Gasteiger partial charge in [-0.3, -0.25) is 0 Å². The highest BCUT2D eigenvalue weighted by molar-refractivity contribution is 9.10. The molecule has 0 bridgehead atoms. The third kappa shape index (κ3) is 1.73. The maximum atomic E-state index is 5.54. The lowest BCUT2D eigenvalue weighted by atomic mass is 10.0. The van der Waals surface area contributed by atoms with E-state index in [0.29, 0.717) is 6.54 Å². The van der Waals surface area contributed by atoms with Crippen LogP contribution in [-0.2, 0) is 19.4 Å². The summed E-state index contributed by atoms with van der Waals surface area (Å²) in [5.41, 5.74) is 6.67. The highest BCUT2D eigenvalue weighted by Crippen LogP contribution is 2.26. The predicted octanol–water partition coefficient (Wildman–Crippen LogP) is 1.73. The Labute approximate surface area is 92.8 Å². The summed E-state index contributed by atoms with van der Waals surface area (Å²) < 4.78 is 3.43. The zero-order chi connectivity index (χ0) is 10.1. The molecule has 0 amide bonds. The van der Waals surface area contributed by atoms with E-state index in [-0.39, 0.29) is 0 Å². The molecule has 78 valence electrons. The Morgan fingerprint density at radius 1 is 1.64 bits per heavy atom. The lowest BCUT2D eigenvalue weighted by molar-refractivity contribution is 0.390. The number of halogens is 1. The number of nitrogens with zero attached hydrogens (tertiary/aromatic N) is 2. The highest BCUT2D eigenvalue weighted by Gasteiger charge is 2.20. The Morgan fingerprint density at radius 3 is 3.14 bits per heavy atom. The first-order valence-corrected chi connectivity index (χ1v) is 5.95. The van der Waals surface area contributed by atoms with E-state index in [0.717, 1.165) is 35.6 Å². The van der Waals surface area contributed by atoms with E-state index >= 15 is 0 Å². The van der Waals surface area contributed by atoms with Gasteiger partial charge in [0.2, 0.25) is 0 Å². The lowest BCUT2D eigenvalue weighted by Gasteiger charge is -2.20. The van der Waals surface area contributed by atoms with Crippen molar-refractivity contribution in [3.8, 4) is 0 Å². The van der Waals surface area contributed by atoms with E-state index in [1.54, 1.807) is 0 Å². The molecule has 0 aromatic carbocycles.